The molecular weight excluding hydrogens is 280 g/mol. The van der Waals surface area contributed by atoms with Gasteiger partial charge in [0.1, 0.15) is 18.1 Å². The molecule has 1 aromatic heterocycles. The van der Waals surface area contributed by atoms with Gasteiger partial charge in [0, 0.05) is 19.7 Å². The first kappa shape index (κ1) is 15.2. The summed E-state index contributed by atoms with van der Waals surface area (Å²) >= 11 is 0. The number of furan rings is 1. The van der Waals surface area contributed by atoms with E-state index in [1.165, 1.54) is 0 Å². The van der Waals surface area contributed by atoms with Gasteiger partial charge in [-0.25, -0.2) is 4.79 Å². The summed E-state index contributed by atoms with van der Waals surface area (Å²) in [5.41, 5.74) is 0. The van der Waals surface area contributed by atoms with E-state index in [0.29, 0.717) is 6.61 Å². The van der Waals surface area contributed by atoms with Crippen molar-refractivity contribution in [2.45, 2.75) is 50.8 Å². The van der Waals surface area contributed by atoms with Crippen molar-refractivity contribution in [2.24, 2.45) is 0 Å². The van der Waals surface area contributed by atoms with Gasteiger partial charge in [-0.3, -0.25) is 0 Å². The lowest BCUT2D eigenvalue weighted by atomic mass is 10.0. The average Bonchev–Trinajstić information content (AvgIpc) is 3.17. The Morgan fingerprint density at radius 2 is 2.32 bits per heavy atom. The Balaban J connectivity index is 1.65. The summed E-state index contributed by atoms with van der Waals surface area (Å²) in [7, 11) is 1.65. The van der Waals surface area contributed by atoms with E-state index >= 15 is 0 Å². The molecule has 2 atom stereocenters. The van der Waals surface area contributed by atoms with Gasteiger partial charge in [0.2, 0.25) is 0 Å². The van der Waals surface area contributed by atoms with Crippen molar-refractivity contribution in [2.75, 3.05) is 13.7 Å². The van der Waals surface area contributed by atoms with Gasteiger partial charge in [0.05, 0.1) is 6.04 Å². The Kier molecular flexibility index (Phi) is 4.83. The summed E-state index contributed by atoms with van der Waals surface area (Å²) in [6, 6.07) is 4.12. The van der Waals surface area contributed by atoms with Crippen molar-refractivity contribution in [3.63, 3.8) is 0 Å². The second-order valence-corrected chi connectivity index (χ2v) is 6.00. The van der Waals surface area contributed by atoms with E-state index in [2.05, 4.69) is 17.5 Å². The number of amides is 2. The van der Waals surface area contributed by atoms with Crippen LogP contribution in [0.4, 0.5) is 4.79 Å². The first-order valence-electron chi connectivity index (χ1n) is 8.09. The zero-order valence-electron chi connectivity index (χ0n) is 13.1. The van der Waals surface area contributed by atoms with Gasteiger partial charge in [-0.05, 0) is 44.2 Å². The predicted molar refractivity (Wildman–Crippen MR) is 83.4 cm³/mol. The van der Waals surface area contributed by atoms with Gasteiger partial charge in [0.25, 0.3) is 0 Å². The Labute approximate surface area is 131 Å². The van der Waals surface area contributed by atoms with Crippen LogP contribution in [0.5, 0.6) is 0 Å². The van der Waals surface area contributed by atoms with Crippen molar-refractivity contribution in [3.05, 3.63) is 35.8 Å². The van der Waals surface area contributed by atoms with Crippen molar-refractivity contribution < 1.29 is 13.9 Å². The minimum atomic E-state index is 0.0174. The molecule has 3 rings (SSSR count). The molecule has 0 saturated carbocycles. The van der Waals surface area contributed by atoms with Gasteiger partial charge < -0.3 is 19.4 Å². The molecule has 120 valence electrons. The normalized spacial score (nSPS) is 24.7. The zero-order chi connectivity index (χ0) is 15.4. The van der Waals surface area contributed by atoms with Gasteiger partial charge in [-0.2, -0.15) is 0 Å². The van der Waals surface area contributed by atoms with E-state index in [9.17, 15) is 4.79 Å². The van der Waals surface area contributed by atoms with Crippen LogP contribution in [0.2, 0.25) is 0 Å². The molecule has 0 unspecified atom stereocenters. The number of hydrogen-bond donors (Lipinski definition) is 1. The van der Waals surface area contributed by atoms with Gasteiger partial charge in [0.15, 0.2) is 0 Å². The first-order chi connectivity index (χ1) is 10.8. The van der Waals surface area contributed by atoms with Crippen LogP contribution in [0.25, 0.3) is 0 Å². The van der Waals surface area contributed by atoms with Crippen molar-refractivity contribution in [1.82, 2.24) is 10.2 Å². The molecule has 5 heteroatoms. The number of allylic oxidation sites excluding steroid dienone is 1. The maximum Gasteiger partial charge on any atom is 0.318 e. The second-order valence-electron chi connectivity index (χ2n) is 6.00. The number of likely N-dealkylation sites (tertiary alicyclic amines) is 1. The molecule has 1 saturated heterocycles. The van der Waals surface area contributed by atoms with Crippen LogP contribution in [0.3, 0.4) is 0 Å². The second kappa shape index (κ2) is 7.01. The highest BCUT2D eigenvalue weighted by Gasteiger charge is 2.32. The maximum absolute atomic E-state index is 12.5. The van der Waals surface area contributed by atoms with Crippen molar-refractivity contribution in [3.8, 4) is 0 Å². The maximum atomic E-state index is 12.5. The number of nitrogens with one attached hydrogen (secondary N) is 1. The van der Waals surface area contributed by atoms with E-state index in [-0.39, 0.29) is 18.1 Å². The van der Waals surface area contributed by atoms with Crippen LogP contribution in [-0.4, -0.2) is 30.6 Å². The molecule has 2 aliphatic rings. The molecule has 1 N–H and O–H groups in total. The fourth-order valence-corrected chi connectivity index (χ4v) is 3.27. The molecule has 0 aromatic carbocycles. The standard InChI is InChI=1S/C17H24N2O3/c1-21-12-14-9-10-16(22-14)15-8-5-11-19(15)17(20)18-13-6-3-2-4-7-13/h3,6,9-10,13,15H,2,4-5,7-8,11-12H2,1H3,(H,18,20)/t13-,15+/m0/s1. The molecule has 1 aliphatic carbocycles. The van der Waals surface area contributed by atoms with E-state index in [4.69, 9.17) is 9.15 Å². The van der Waals surface area contributed by atoms with Crippen LogP contribution in [0.1, 0.15) is 49.7 Å². The molecule has 0 radical (unpaired) electrons. The third kappa shape index (κ3) is 3.35. The summed E-state index contributed by atoms with van der Waals surface area (Å²) in [6.07, 6.45) is 9.51. The third-order valence-corrected chi connectivity index (χ3v) is 4.37. The van der Waals surface area contributed by atoms with Crippen molar-refractivity contribution in [1.29, 1.82) is 0 Å². The Morgan fingerprint density at radius 1 is 1.41 bits per heavy atom. The van der Waals surface area contributed by atoms with Crippen LogP contribution >= 0.6 is 0 Å². The lowest BCUT2D eigenvalue weighted by molar-refractivity contribution is 0.155. The number of ether oxygens (including phenoxy) is 1. The molecule has 0 bridgehead atoms. The smallest absolute Gasteiger partial charge is 0.318 e. The summed E-state index contributed by atoms with van der Waals surface area (Å²) in [5.74, 6) is 1.67. The van der Waals surface area contributed by atoms with Crippen LogP contribution in [0.15, 0.2) is 28.7 Å². The Morgan fingerprint density at radius 3 is 3.09 bits per heavy atom. The largest absolute Gasteiger partial charge is 0.461 e. The SMILES string of the molecule is COCc1ccc([C@H]2CCCN2C(=O)N[C@H]2C=CCCC2)o1. The number of urea groups is 1. The highest BCUT2D eigenvalue weighted by molar-refractivity contribution is 5.75. The van der Waals surface area contributed by atoms with E-state index in [0.717, 1.165) is 50.2 Å². The molecule has 1 aliphatic heterocycles. The third-order valence-electron chi connectivity index (χ3n) is 4.37. The van der Waals surface area contributed by atoms with Gasteiger partial charge in [-0.1, -0.05) is 12.2 Å². The minimum Gasteiger partial charge on any atom is -0.461 e. The summed E-state index contributed by atoms with van der Waals surface area (Å²) < 4.78 is 10.9. The molecule has 22 heavy (non-hydrogen) atoms. The summed E-state index contributed by atoms with van der Waals surface area (Å²) in [6.45, 7) is 1.25. The van der Waals surface area contributed by atoms with Gasteiger partial charge >= 0.3 is 6.03 Å². The average molecular weight is 304 g/mol. The Hall–Kier alpha value is -1.75. The fourth-order valence-electron chi connectivity index (χ4n) is 3.27. The molecular formula is C17H24N2O3. The number of methoxy groups -OCH3 is 1. The molecule has 0 spiro atoms. The van der Waals surface area contributed by atoms with E-state index < -0.39 is 0 Å². The number of hydrogen-bond acceptors (Lipinski definition) is 3. The quantitative estimate of drug-likeness (QED) is 0.868. The number of rotatable bonds is 4. The minimum absolute atomic E-state index is 0.0174. The first-order valence-corrected chi connectivity index (χ1v) is 8.09. The van der Waals surface area contributed by atoms with Gasteiger partial charge in [-0.15, -0.1) is 0 Å². The van der Waals surface area contributed by atoms with Crippen LogP contribution < -0.4 is 5.32 Å². The van der Waals surface area contributed by atoms with E-state index in [1.54, 1.807) is 7.11 Å². The topological polar surface area (TPSA) is 54.7 Å². The molecule has 1 fully saturated rings. The van der Waals surface area contributed by atoms with Crippen LogP contribution in [0, 0.1) is 0 Å². The molecule has 2 amide bonds. The zero-order valence-corrected chi connectivity index (χ0v) is 13.1. The molecule has 2 heterocycles. The van der Waals surface area contributed by atoms with Crippen molar-refractivity contribution >= 4 is 6.03 Å². The van der Waals surface area contributed by atoms with E-state index in [1.807, 2.05) is 17.0 Å². The monoisotopic (exact) mass is 304 g/mol. The number of carbonyl (C=O) groups excluding carboxylic acids is 1. The van der Waals surface area contributed by atoms with Crippen LogP contribution in [-0.2, 0) is 11.3 Å². The number of nitrogens with zero attached hydrogens (tertiary/aromatic N) is 1. The summed E-state index contributed by atoms with van der Waals surface area (Å²) in [4.78, 5) is 14.4. The Bertz CT molecular complexity index is 538. The fraction of sp³-hybridized carbons (Fsp3) is 0.588. The predicted octanol–water partition coefficient (Wildman–Crippen LogP) is 3.38. The molecule has 1 aromatic rings. The highest BCUT2D eigenvalue weighted by Crippen LogP contribution is 2.33. The highest BCUT2D eigenvalue weighted by atomic mass is 16.5. The summed E-state index contributed by atoms with van der Waals surface area (Å²) in [5, 5.41) is 3.13. The lowest BCUT2D eigenvalue weighted by Gasteiger charge is -2.26. The number of carbonyl (C=O) groups is 1. The lowest BCUT2D eigenvalue weighted by Crippen LogP contribution is -2.44. The molecule has 5 nitrogen and oxygen atoms in total.